The Kier molecular flexibility index (Phi) is 5.43. The van der Waals surface area contributed by atoms with E-state index < -0.39 is 0 Å². The van der Waals surface area contributed by atoms with Gasteiger partial charge in [0.1, 0.15) is 0 Å². The Morgan fingerprint density at radius 3 is 2.70 bits per heavy atom. The second-order valence-corrected chi connectivity index (χ2v) is 6.68. The average molecular weight is 427 g/mol. The summed E-state index contributed by atoms with van der Waals surface area (Å²) in [6, 6.07) is 7.09. The van der Waals surface area contributed by atoms with E-state index in [9.17, 15) is 0 Å². The van der Waals surface area contributed by atoms with E-state index in [1.54, 1.807) is 0 Å². The molecule has 1 aromatic carbocycles. The van der Waals surface area contributed by atoms with Gasteiger partial charge in [0.25, 0.3) is 0 Å². The molecule has 126 valence electrons. The molecule has 23 heavy (non-hydrogen) atoms. The Morgan fingerprint density at radius 1 is 1.17 bits per heavy atom. The number of benzene rings is 1. The molecule has 5 rings (SSSR count). The first-order chi connectivity index (χ1) is 10.8. The van der Waals surface area contributed by atoms with Crippen molar-refractivity contribution in [2.75, 3.05) is 44.6 Å². The number of piperazine rings is 3. The summed E-state index contributed by atoms with van der Waals surface area (Å²) in [7, 11) is 0. The van der Waals surface area contributed by atoms with Crippen molar-refractivity contribution in [3.05, 3.63) is 29.3 Å². The molecule has 1 unspecified atom stereocenters. The van der Waals surface area contributed by atoms with Crippen molar-refractivity contribution in [1.29, 1.82) is 0 Å². The minimum absolute atomic E-state index is 0. The van der Waals surface area contributed by atoms with Crippen molar-refractivity contribution in [3.8, 4) is 0 Å². The van der Waals surface area contributed by atoms with Gasteiger partial charge < -0.3 is 11.1 Å². The fourth-order valence-electron chi connectivity index (χ4n) is 3.94. The summed E-state index contributed by atoms with van der Waals surface area (Å²) in [5.74, 6) is 0.538. The summed E-state index contributed by atoms with van der Waals surface area (Å²) in [4.78, 5) is 9.65. The van der Waals surface area contributed by atoms with E-state index in [1.807, 2.05) is 0 Å². The third-order valence-electron chi connectivity index (χ3n) is 5.24. The first-order valence-electron chi connectivity index (χ1n) is 8.43. The van der Waals surface area contributed by atoms with E-state index in [1.165, 1.54) is 56.6 Å². The standard InChI is InChI=1S/C17H25N5.HI/c18-17(19-11-16-12-21-6-8-22(16)9-7-21)20-15-5-4-13-2-1-3-14(13)10-15;/h4-5,10,16H,1-3,6-9,11-12H2,(H3,18,19,20);1H. The van der Waals surface area contributed by atoms with Crippen LogP contribution in [0.1, 0.15) is 17.5 Å². The van der Waals surface area contributed by atoms with Gasteiger partial charge in [0, 0.05) is 44.5 Å². The van der Waals surface area contributed by atoms with Crippen molar-refractivity contribution in [2.45, 2.75) is 25.3 Å². The summed E-state index contributed by atoms with van der Waals surface area (Å²) in [5, 5.41) is 3.25. The predicted molar refractivity (Wildman–Crippen MR) is 106 cm³/mol. The highest BCUT2D eigenvalue weighted by atomic mass is 127. The van der Waals surface area contributed by atoms with Gasteiger partial charge in [-0.05, 0) is 42.5 Å². The maximum absolute atomic E-state index is 6.07. The summed E-state index contributed by atoms with van der Waals surface area (Å²) in [5.41, 5.74) is 10.1. The minimum Gasteiger partial charge on any atom is -0.370 e. The van der Waals surface area contributed by atoms with Gasteiger partial charge in [0.15, 0.2) is 5.96 Å². The van der Waals surface area contributed by atoms with Crippen LogP contribution in [-0.2, 0) is 12.8 Å². The summed E-state index contributed by atoms with van der Waals surface area (Å²) >= 11 is 0. The number of anilines is 1. The SMILES string of the molecule is I.NC(=NCC1CN2CCN1CC2)Nc1ccc2c(c1)CCC2. The number of nitrogens with zero attached hydrogens (tertiary/aromatic N) is 3. The van der Waals surface area contributed by atoms with Crippen LogP contribution < -0.4 is 11.1 Å². The maximum atomic E-state index is 6.07. The zero-order valence-electron chi connectivity index (χ0n) is 13.5. The van der Waals surface area contributed by atoms with Gasteiger partial charge in [-0.1, -0.05) is 6.07 Å². The normalized spacial score (nSPS) is 29.0. The lowest BCUT2D eigenvalue weighted by molar-refractivity contribution is 0.0174. The average Bonchev–Trinajstić information content (AvgIpc) is 3.02. The van der Waals surface area contributed by atoms with Crippen LogP contribution >= 0.6 is 24.0 Å². The molecule has 3 fully saturated rings. The molecule has 2 bridgehead atoms. The molecule has 3 heterocycles. The van der Waals surface area contributed by atoms with Crippen molar-refractivity contribution >= 4 is 35.6 Å². The quantitative estimate of drug-likeness (QED) is 0.437. The number of halogens is 1. The lowest BCUT2D eigenvalue weighted by atomic mass is 10.1. The van der Waals surface area contributed by atoms with Crippen LogP contribution in [0.3, 0.4) is 0 Å². The number of hydrogen-bond acceptors (Lipinski definition) is 3. The van der Waals surface area contributed by atoms with Gasteiger partial charge in [-0.15, -0.1) is 24.0 Å². The van der Waals surface area contributed by atoms with Crippen LogP contribution in [-0.4, -0.2) is 61.1 Å². The molecule has 5 nitrogen and oxygen atoms in total. The molecule has 3 aliphatic heterocycles. The molecule has 3 N–H and O–H groups in total. The molecule has 1 atom stereocenters. The highest BCUT2D eigenvalue weighted by molar-refractivity contribution is 14.0. The van der Waals surface area contributed by atoms with Crippen LogP contribution in [0.15, 0.2) is 23.2 Å². The van der Waals surface area contributed by atoms with Crippen molar-refractivity contribution in [2.24, 2.45) is 10.7 Å². The predicted octanol–water partition coefficient (Wildman–Crippen LogP) is 1.52. The van der Waals surface area contributed by atoms with E-state index in [0.717, 1.165) is 18.8 Å². The highest BCUT2D eigenvalue weighted by Crippen LogP contribution is 2.24. The molecular weight excluding hydrogens is 401 g/mol. The lowest BCUT2D eigenvalue weighted by Gasteiger charge is -2.47. The molecule has 0 radical (unpaired) electrons. The fourth-order valence-corrected chi connectivity index (χ4v) is 3.94. The molecule has 6 heteroatoms. The van der Waals surface area contributed by atoms with E-state index in [-0.39, 0.29) is 24.0 Å². The van der Waals surface area contributed by atoms with E-state index in [0.29, 0.717) is 12.0 Å². The molecule has 0 aromatic heterocycles. The van der Waals surface area contributed by atoms with E-state index in [4.69, 9.17) is 5.73 Å². The van der Waals surface area contributed by atoms with Gasteiger partial charge in [-0.3, -0.25) is 14.8 Å². The number of nitrogens with one attached hydrogen (secondary N) is 1. The van der Waals surface area contributed by atoms with Gasteiger partial charge in [-0.25, -0.2) is 0 Å². The van der Waals surface area contributed by atoms with Crippen LogP contribution in [0.5, 0.6) is 0 Å². The molecule has 0 amide bonds. The fraction of sp³-hybridized carbons (Fsp3) is 0.588. The van der Waals surface area contributed by atoms with Crippen molar-refractivity contribution in [1.82, 2.24) is 9.80 Å². The third-order valence-corrected chi connectivity index (χ3v) is 5.24. The highest BCUT2D eigenvalue weighted by Gasteiger charge is 2.31. The summed E-state index contributed by atoms with van der Waals surface area (Å²) in [6.45, 7) is 6.71. The molecule has 0 spiro atoms. The van der Waals surface area contributed by atoms with E-state index >= 15 is 0 Å². The molecular formula is C17H26IN5. The van der Waals surface area contributed by atoms with Crippen molar-refractivity contribution in [3.63, 3.8) is 0 Å². The first kappa shape index (κ1) is 17.0. The number of hydrogen-bond donors (Lipinski definition) is 2. The number of aliphatic imine (C=N–C) groups is 1. The zero-order chi connectivity index (χ0) is 14.9. The summed E-state index contributed by atoms with van der Waals surface area (Å²) in [6.07, 6.45) is 3.68. The second-order valence-electron chi connectivity index (χ2n) is 6.68. The largest absolute Gasteiger partial charge is 0.370 e. The van der Waals surface area contributed by atoms with E-state index in [2.05, 4.69) is 38.3 Å². The van der Waals surface area contributed by atoms with Gasteiger partial charge in [-0.2, -0.15) is 0 Å². The maximum Gasteiger partial charge on any atom is 0.193 e. The zero-order valence-corrected chi connectivity index (χ0v) is 15.8. The minimum atomic E-state index is 0. The molecule has 4 aliphatic rings. The third kappa shape index (κ3) is 3.80. The monoisotopic (exact) mass is 427 g/mol. The van der Waals surface area contributed by atoms with Crippen molar-refractivity contribution < 1.29 is 0 Å². The summed E-state index contributed by atoms with van der Waals surface area (Å²) < 4.78 is 0. The molecule has 1 aromatic rings. The second kappa shape index (κ2) is 7.36. The molecule has 3 saturated heterocycles. The number of rotatable bonds is 3. The Hall–Kier alpha value is -0.860. The number of aryl methyl sites for hydroxylation is 2. The van der Waals surface area contributed by atoms with Gasteiger partial charge in [0.2, 0.25) is 0 Å². The molecule has 1 aliphatic carbocycles. The Balaban J connectivity index is 0.00000156. The number of guanidine groups is 1. The smallest absolute Gasteiger partial charge is 0.193 e. The van der Waals surface area contributed by atoms with Gasteiger partial charge in [0.05, 0.1) is 6.54 Å². The topological polar surface area (TPSA) is 56.9 Å². The van der Waals surface area contributed by atoms with Crippen LogP contribution in [0, 0.1) is 0 Å². The Bertz CT molecular complexity index is 580. The number of nitrogens with two attached hydrogens (primary N) is 1. The Labute approximate surface area is 155 Å². The van der Waals surface area contributed by atoms with Crippen LogP contribution in [0.4, 0.5) is 5.69 Å². The first-order valence-corrected chi connectivity index (χ1v) is 8.43. The Morgan fingerprint density at radius 2 is 1.96 bits per heavy atom. The van der Waals surface area contributed by atoms with Gasteiger partial charge >= 0.3 is 0 Å². The lowest BCUT2D eigenvalue weighted by Crippen LogP contribution is -2.61. The molecule has 0 saturated carbocycles. The van der Waals surface area contributed by atoms with Crippen LogP contribution in [0.25, 0.3) is 0 Å². The number of fused-ring (bicyclic) bond motifs is 4. The van der Waals surface area contributed by atoms with Crippen LogP contribution in [0.2, 0.25) is 0 Å².